The van der Waals surface area contributed by atoms with Gasteiger partial charge in [0, 0.05) is 4.88 Å². The summed E-state index contributed by atoms with van der Waals surface area (Å²) in [5, 5.41) is 1.96. The van der Waals surface area contributed by atoms with Crippen molar-refractivity contribution in [1.29, 1.82) is 0 Å². The van der Waals surface area contributed by atoms with E-state index in [-0.39, 0.29) is 6.04 Å². The van der Waals surface area contributed by atoms with Gasteiger partial charge in [0.2, 0.25) is 0 Å². The van der Waals surface area contributed by atoms with Crippen molar-refractivity contribution in [3.05, 3.63) is 22.4 Å². The highest BCUT2D eigenvalue weighted by molar-refractivity contribution is 7.10. The minimum atomic E-state index is -0.218. The molecule has 0 aliphatic heterocycles. The first-order chi connectivity index (χ1) is 4.34. The Morgan fingerprint density at radius 3 is 3.00 bits per heavy atom. The van der Waals surface area contributed by atoms with Gasteiger partial charge in [-0.05, 0) is 11.4 Å². The number of terminal acetylenes is 1. The molecular formula is C7H7NS. The van der Waals surface area contributed by atoms with Crippen LogP contribution in [0.5, 0.6) is 0 Å². The second kappa shape index (κ2) is 2.67. The Bertz CT molecular complexity index is 207. The largest absolute Gasteiger partial charge is 0.313 e. The number of thiophene rings is 1. The van der Waals surface area contributed by atoms with Gasteiger partial charge in [-0.25, -0.2) is 0 Å². The van der Waals surface area contributed by atoms with Gasteiger partial charge in [0.15, 0.2) is 0 Å². The SMILES string of the molecule is C#C[C@@H](N)c1cccs1. The molecule has 2 heteroatoms. The summed E-state index contributed by atoms with van der Waals surface area (Å²) in [5.74, 6) is 2.46. The zero-order chi connectivity index (χ0) is 6.69. The number of rotatable bonds is 1. The zero-order valence-electron chi connectivity index (χ0n) is 4.87. The molecule has 0 saturated heterocycles. The highest BCUT2D eigenvalue weighted by Crippen LogP contribution is 2.14. The van der Waals surface area contributed by atoms with E-state index in [2.05, 4.69) is 5.92 Å². The first kappa shape index (κ1) is 6.34. The minimum Gasteiger partial charge on any atom is -0.313 e. The van der Waals surface area contributed by atoms with Crippen molar-refractivity contribution in [2.45, 2.75) is 6.04 Å². The molecule has 0 fully saturated rings. The lowest BCUT2D eigenvalue weighted by Crippen LogP contribution is -2.04. The average Bonchev–Trinajstić information content (AvgIpc) is 2.37. The van der Waals surface area contributed by atoms with Crippen LogP contribution < -0.4 is 5.73 Å². The van der Waals surface area contributed by atoms with Gasteiger partial charge in [-0.2, -0.15) is 0 Å². The lowest BCUT2D eigenvalue weighted by atomic mass is 10.3. The fraction of sp³-hybridized carbons (Fsp3) is 0.143. The lowest BCUT2D eigenvalue weighted by molar-refractivity contribution is 0.974. The smallest absolute Gasteiger partial charge is 0.101 e. The number of hydrogen-bond donors (Lipinski definition) is 1. The van der Waals surface area contributed by atoms with E-state index in [4.69, 9.17) is 12.2 Å². The van der Waals surface area contributed by atoms with Crippen LogP contribution in [-0.2, 0) is 0 Å². The quantitative estimate of drug-likeness (QED) is 0.581. The Kier molecular flexibility index (Phi) is 1.88. The van der Waals surface area contributed by atoms with Crippen LogP contribution in [0.3, 0.4) is 0 Å². The monoisotopic (exact) mass is 137 g/mol. The topological polar surface area (TPSA) is 26.0 Å². The van der Waals surface area contributed by atoms with Crippen molar-refractivity contribution < 1.29 is 0 Å². The third kappa shape index (κ3) is 1.32. The van der Waals surface area contributed by atoms with Crippen LogP contribution in [0.25, 0.3) is 0 Å². The van der Waals surface area contributed by atoms with Crippen LogP contribution in [0.2, 0.25) is 0 Å². The van der Waals surface area contributed by atoms with E-state index in [1.165, 1.54) is 0 Å². The summed E-state index contributed by atoms with van der Waals surface area (Å²) in [4.78, 5) is 1.05. The molecule has 0 aromatic carbocycles. The predicted octanol–water partition coefficient (Wildman–Crippen LogP) is 1.38. The molecule has 0 spiro atoms. The fourth-order valence-corrected chi connectivity index (χ4v) is 1.24. The van der Waals surface area contributed by atoms with Crippen molar-refractivity contribution in [3.8, 4) is 12.3 Å². The predicted molar refractivity (Wildman–Crippen MR) is 40.1 cm³/mol. The Balaban J connectivity index is 2.80. The molecule has 1 heterocycles. The standard InChI is InChI=1S/C7H7NS/c1-2-6(8)7-4-3-5-9-7/h1,3-6H,8H2/t6-/m1/s1. The maximum absolute atomic E-state index is 5.51. The van der Waals surface area contributed by atoms with Gasteiger partial charge in [0.25, 0.3) is 0 Å². The van der Waals surface area contributed by atoms with E-state index >= 15 is 0 Å². The van der Waals surface area contributed by atoms with Gasteiger partial charge in [-0.15, -0.1) is 17.8 Å². The van der Waals surface area contributed by atoms with Gasteiger partial charge < -0.3 is 5.73 Å². The lowest BCUT2D eigenvalue weighted by Gasteiger charge is -1.96. The molecule has 0 saturated carbocycles. The molecule has 1 rings (SSSR count). The minimum absolute atomic E-state index is 0.218. The first-order valence-corrected chi connectivity index (χ1v) is 3.47. The van der Waals surface area contributed by atoms with Crippen LogP contribution in [-0.4, -0.2) is 0 Å². The van der Waals surface area contributed by atoms with Crippen LogP contribution in [0.15, 0.2) is 17.5 Å². The summed E-state index contributed by atoms with van der Waals surface area (Å²) in [7, 11) is 0. The van der Waals surface area contributed by atoms with Crippen LogP contribution >= 0.6 is 11.3 Å². The Morgan fingerprint density at radius 1 is 1.78 bits per heavy atom. The van der Waals surface area contributed by atoms with Crippen LogP contribution in [0.1, 0.15) is 10.9 Å². The van der Waals surface area contributed by atoms with Crippen LogP contribution in [0.4, 0.5) is 0 Å². The third-order valence-corrected chi connectivity index (χ3v) is 1.98. The van der Waals surface area contributed by atoms with E-state index in [1.807, 2.05) is 17.5 Å². The molecule has 9 heavy (non-hydrogen) atoms. The summed E-state index contributed by atoms with van der Waals surface area (Å²) >= 11 is 1.59. The normalized spacial score (nSPS) is 12.4. The summed E-state index contributed by atoms with van der Waals surface area (Å²) in [6, 6.07) is 3.66. The summed E-state index contributed by atoms with van der Waals surface area (Å²) in [6.07, 6.45) is 5.09. The zero-order valence-corrected chi connectivity index (χ0v) is 5.69. The van der Waals surface area contributed by atoms with E-state index in [0.717, 1.165) is 4.88 Å². The third-order valence-electron chi connectivity index (χ3n) is 1.03. The van der Waals surface area contributed by atoms with Gasteiger partial charge in [0.1, 0.15) is 6.04 Å². The van der Waals surface area contributed by atoms with Crippen LogP contribution in [0, 0.1) is 12.3 Å². The molecule has 0 radical (unpaired) electrons. The molecule has 0 unspecified atom stereocenters. The van der Waals surface area contributed by atoms with Gasteiger partial charge >= 0.3 is 0 Å². The molecule has 2 N–H and O–H groups in total. The maximum Gasteiger partial charge on any atom is 0.101 e. The highest BCUT2D eigenvalue weighted by atomic mass is 32.1. The maximum atomic E-state index is 5.51. The van der Waals surface area contributed by atoms with Crippen molar-refractivity contribution in [2.24, 2.45) is 5.73 Å². The Morgan fingerprint density at radius 2 is 2.56 bits per heavy atom. The van der Waals surface area contributed by atoms with E-state index in [0.29, 0.717) is 0 Å². The van der Waals surface area contributed by atoms with Crippen molar-refractivity contribution in [1.82, 2.24) is 0 Å². The van der Waals surface area contributed by atoms with Crippen molar-refractivity contribution in [2.75, 3.05) is 0 Å². The summed E-state index contributed by atoms with van der Waals surface area (Å²) < 4.78 is 0. The molecule has 0 aliphatic rings. The molecule has 0 bridgehead atoms. The Labute approximate surface area is 58.5 Å². The first-order valence-electron chi connectivity index (χ1n) is 2.59. The highest BCUT2D eigenvalue weighted by Gasteiger charge is 1.99. The molecule has 0 aliphatic carbocycles. The average molecular weight is 137 g/mol. The molecular weight excluding hydrogens is 130 g/mol. The van der Waals surface area contributed by atoms with Crippen molar-refractivity contribution in [3.63, 3.8) is 0 Å². The molecule has 1 nitrogen and oxygen atoms in total. The van der Waals surface area contributed by atoms with Crippen molar-refractivity contribution >= 4 is 11.3 Å². The van der Waals surface area contributed by atoms with Gasteiger partial charge in [0.05, 0.1) is 0 Å². The Hall–Kier alpha value is -0.780. The molecule has 1 atom stereocenters. The number of nitrogens with two attached hydrogens (primary N) is 1. The number of hydrogen-bond acceptors (Lipinski definition) is 2. The fourth-order valence-electron chi connectivity index (χ4n) is 0.550. The van der Waals surface area contributed by atoms with E-state index in [1.54, 1.807) is 11.3 Å². The second-order valence-electron chi connectivity index (χ2n) is 1.66. The molecule has 46 valence electrons. The molecule has 1 aromatic rings. The summed E-state index contributed by atoms with van der Waals surface area (Å²) in [5.41, 5.74) is 5.51. The van der Waals surface area contributed by atoms with Gasteiger partial charge in [-0.1, -0.05) is 12.0 Å². The molecule has 1 aromatic heterocycles. The van der Waals surface area contributed by atoms with Gasteiger partial charge in [-0.3, -0.25) is 0 Å². The van der Waals surface area contributed by atoms with E-state index < -0.39 is 0 Å². The van der Waals surface area contributed by atoms with E-state index in [9.17, 15) is 0 Å². The second-order valence-corrected chi connectivity index (χ2v) is 2.64. The summed E-state index contributed by atoms with van der Waals surface area (Å²) in [6.45, 7) is 0. The molecule has 0 amide bonds.